The molecule has 2 aromatic carbocycles. The minimum atomic E-state index is -0.473. The van der Waals surface area contributed by atoms with Gasteiger partial charge in [-0.3, -0.25) is 0 Å². The molecule has 27 heavy (non-hydrogen) atoms. The van der Waals surface area contributed by atoms with Crippen LogP contribution in [-0.2, 0) is 4.74 Å². The van der Waals surface area contributed by atoms with Crippen molar-refractivity contribution in [2.75, 3.05) is 31.8 Å². The number of aliphatic hydroxyl groups excluding tert-OH is 1. The van der Waals surface area contributed by atoms with Gasteiger partial charge < -0.3 is 19.3 Å². The lowest BCUT2D eigenvalue weighted by Crippen LogP contribution is -2.15. The molecular weight excluding hydrogens is 408 g/mol. The van der Waals surface area contributed by atoms with E-state index in [2.05, 4.69) is 15.9 Å². The Morgan fingerprint density at radius 1 is 0.815 bits per heavy atom. The molecule has 5 heteroatoms. The maximum absolute atomic E-state index is 9.79. The highest BCUT2D eigenvalue weighted by molar-refractivity contribution is 9.09. The Balaban J connectivity index is 1.78. The summed E-state index contributed by atoms with van der Waals surface area (Å²) >= 11 is 3.44. The summed E-state index contributed by atoms with van der Waals surface area (Å²) in [6.07, 6.45) is 4.27. The first-order valence-electron chi connectivity index (χ1n) is 9.53. The molecule has 0 bridgehead atoms. The molecule has 1 N–H and O–H groups in total. The summed E-state index contributed by atoms with van der Waals surface area (Å²) in [5.41, 5.74) is 0.832. The summed E-state index contributed by atoms with van der Waals surface area (Å²) in [6, 6.07) is 17.1. The van der Waals surface area contributed by atoms with Gasteiger partial charge in [0.15, 0.2) is 6.10 Å². The molecule has 0 fully saturated rings. The van der Waals surface area contributed by atoms with Gasteiger partial charge in [-0.2, -0.15) is 0 Å². The number of benzene rings is 2. The molecule has 1 unspecified atom stereocenters. The summed E-state index contributed by atoms with van der Waals surface area (Å²) in [6.45, 7) is 1.67. The van der Waals surface area contributed by atoms with Crippen LogP contribution in [0.1, 0.15) is 37.4 Å². The molecular formula is C22H29BrO4. The van der Waals surface area contributed by atoms with E-state index in [9.17, 15) is 5.11 Å². The predicted octanol–water partition coefficient (Wildman–Crippen LogP) is 5.15. The minimum Gasteiger partial charge on any atom is -0.491 e. The van der Waals surface area contributed by atoms with Gasteiger partial charge in [0.25, 0.3) is 0 Å². The predicted molar refractivity (Wildman–Crippen MR) is 112 cm³/mol. The normalized spacial score (nSPS) is 11.9. The summed E-state index contributed by atoms with van der Waals surface area (Å²) in [7, 11) is 0. The lowest BCUT2D eigenvalue weighted by Gasteiger charge is -2.20. The Labute approximate surface area is 170 Å². The number of halogens is 1. The second-order valence-corrected chi connectivity index (χ2v) is 7.00. The van der Waals surface area contributed by atoms with Gasteiger partial charge in [-0.05, 0) is 31.0 Å². The largest absolute Gasteiger partial charge is 0.491 e. The van der Waals surface area contributed by atoms with Crippen LogP contribution in [0.25, 0.3) is 0 Å². The lowest BCUT2D eigenvalue weighted by atomic mass is 10.1. The molecule has 0 aliphatic rings. The van der Waals surface area contributed by atoms with Gasteiger partial charge >= 0.3 is 0 Å². The first-order valence-corrected chi connectivity index (χ1v) is 10.6. The van der Waals surface area contributed by atoms with Crippen LogP contribution in [0.2, 0.25) is 0 Å². The standard InChI is InChI=1S/C22H29BrO4/c23-14-8-1-2-9-15-25-16-17-26-21-13-7-6-12-20(21)22(18-24)27-19-10-4-3-5-11-19/h3-7,10-13,22,24H,1-2,8-9,14-18H2. The van der Waals surface area contributed by atoms with Crippen molar-refractivity contribution < 1.29 is 19.3 Å². The number of rotatable bonds is 14. The monoisotopic (exact) mass is 436 g/mol. The number of para-hydroxylation sites is 2. The maximum atomic E-state index is 9.79. The van der Waals surface area contributed by atoms with E-state index in [-0.39, 0.29) is 6.61 Å². The molecule has 0 aromatic heterocycles. The van der Waals surface area contributed by atoms with E-state index in [0.29, 0.717) is 19.0 Å². The lowest BCUT2D eigenvalue weighted by molar-refractivity contribution is 0.0912. The van der Waals surface area contributed by atoms with Crippen LogP contribution in [0.4, 0.5) is 0 Å². The molecule has 2 aromatic rings. The zero-order chi connectivity index (χ0) is 19.2. The zero-order valence-electron chi connectivity index (χ0n) is 15.7. The molecule has 0 radical (unpaired) electrons. The fourth-order valence-corrected chi connectivity index (χ4v) is 3.10. The number of hydrogen-bond acceptors (Lipinski definition) is 4. The Morgan fingerprint density at radius 2 is 1.56 bits per heavy atom. The Morgan fingerprint density at radius 3 is 2.33 bits per heavy atom. The summed E-state index contributed by atoms with van der Waals surface area (Å²) in [5.74, 6) is 1.43. The van der Waals surface area contributed by atoms with Gasteiger partial charge in [-0.1, -0.05) is 65.2 Å². The molecule has 148 valence electrons. The summed E-state index contributed by atoms with van der Waals surface area (Å²) < 4.78 is 17.4. The van der Waals surface area contributed by atoms with Crippen molar-refractivity contribution in [2.24, 2.45) is 0 Å². The highest BCUT2D eigenvalue weighted by atomic mass is 79.9. The molecule has 0 aliphatic heterocycles. The van der Waals surface area contributed by atoms with Gasteiger partial charge in [0.1, 0.15) is 18.1 Å². The third kappa shape index (κ3) is 8.33. The van der Waals surface area contributed by atoms with Crippen LogP contribution in [0, 0.1) is 0 Å². The minimum absolute atomic E-state index is 0.125. The molecule has 0 heterocycles. The topological polar surface area (TPSA) is 47.9 Å². The third-order valence-corrected chi connectivity index (χ3v) is 4.67. The van der Waals surface area contributed by atoms with Gasteiger partial charge in [-0.15, -0.1) is 0 Å². The van der Waals surface area contributed by atoms with Crippen LogP contribution in [-0.4, -0.2) is 36.9 Å². The molecule has 0 saturated heterocycles. The highest BCUT2D eigenvalue weighted by Crippen LogP contribution is 2.29. The fraction of sp³-hybridized carbons (Fsp3) is 0.455. The molecule has 1 atom stereocenters. The van der Waals surface area contributed by atoms with Crippen molar-refractivity contribution >= 4 is 15.9 Å². The number of unbranched alkanes of at least 4 members (excludes halogenated alkanes) is 3. The van der Waals surface area contributed by atoms with E-state index in [1.165, 1.54) is 19.3 Å². The quantitative estimate of drug-likeness (QED) is 0.328. The van der Waals surface area contributed by atoms with Crippen LogP contribution >= 0.6 is 15.9 Å². The first kappa shape index (κ1) is 21.7. The van der Waals surface area contributed by atoms with E-state index in [1.54, 1.807) is 0 Å². The zero-order valence-corrected chi connectivity index (χ0v) is 17.3. The number of ether oxygens (including phenoxy) is 3. The van der Waals surface area contributed by atoms with E-state index in [0.717, 1.165) is 29.7 Å². The van der Waals surface area contributed by atoms with Gasteiger partial charge in [-0.25, -0.2) is 0 Å². The second kappa shape index (κ2) is 13.6. The first-order chi connectivity index (χ1) is 13.3. The molecule has 0 aliphatic carbocycles. The van der Waals surface area contributed by atoms with Crippen LogP contribution in [0.3, 0.4) is 0 Å². The van der Waals surface area contributed by atoms with Gasteiger partial charge in [0.2, 0.25) is 0 Å². The highest BCUT2D eigenvalue weighted by Gasteiger charge is 2.17. The molecule has 0 spiro atoms. The van der Waals surface area contributed by atoms with E-state index < -0.39 is 6.10 Å². The van der Waals surface area contributed by atoms with Crippen molar-refractivity contribution in [3.05, 3.63) is 60.2 Å². The van der Waals surface area contributed by atoms with Crippen LogP contribution in [0.15, 0.2) is 54.6 Å². The summed E-state index contributed by atoms with van der Waals surface area (Å²) in [5, 5.41) is 10.9. The molecule has 0 saturated carbocycles. The Hall–Kier alpha value is -1.56. The molecule has 0 amide bonds. The Bertz CT molecular complexity index is 621. The van der Waals surface area contributed by atoms with Gasteiger partial charge in [0.05, 0.1) is 13.2 Å². The fourth-order valence-electron chi connectivity index (χ4n) is 2.71. The molecule has 2 rings (SSSR count). The van der Waals surface area contributed by atoms with Crippen LogP contribution in [0.5, 0.6) is 11.5 Å². The van der Waals surface area contributed by atoms with Crippen molar-refractivity contribution in [1.29, 1.82) is 0 Å². The van der Waals surface area contributed by atoms with E-state index >= 15 is 0 Å². The van der Waals surface area contributed by atoms with E-state index in [4.69, 9.17) is 14.2 Å². The van der Waals surface area contributed by atoms with Crippen molar-refractivity contribution in [2.45, 2.75) is 31.8 Å². The summed E-state index contributed by atoms with van der Waals surface area (Å²) in [4.78, 5) is 0. The van der Waals surface area contributed by atoms with Crippen molar-refractivity contribution in [1.82, 2.24) is 0 Å². The maximum Gasteiger partial charge on any atom is 0.150 e. The molecule has 4 nitrogen and oxygen atoms in total. The van der Waals surface area contributed by atoms with Crippen LogP contribution < -0.4 is 9.47 Å². The van der Waals surface area contributed by atoms with Gasteiger partial charge in [0, 0.05) is 17.5 Å². The van der Waals surface area contributed by atoms with Crippen molar-refractivity contribution in [3.8, 4) is 11.5 Å². The number of hydrogen-bond donors (Lipinski definition) is 1. The van der Waals surface area contributed by atoms with E-state index in [1.807, 2.05) is 54.6 Å². The average molecular weight is 437 g/mol. The van der Waals surface area contributed by atoms with Crippen molar-refractivity contribution in [3.63, 3.8) is 0 Å². The number of alkyl halides is 1. The SMILES string of the molecule is OCC(Oc1ccccc1)c1ccccc1OCCOCCCCCCBr. The smallest absolute Gasteiger partial charge is 0.150 e. The second-order valence-electron chi connectivity index (χ2n) is 6.20. The number of aliphatic hydroxyl groups is 1. The Kier molecular flexibility index (Phi) is 10.9. The third-order valence-electron chi connectivity index (χ3n) is 4.11. The average Bonchev–Trinajstić information content (AvgIpc) is 2.72.